The molecule has 27 heavy (non-hydrogen) atoms. The van der Waals surface area contributed by atoms with Gasteiger partial charge in [0.05, 0.1) is 24.6 Å². The van der Waals surface area contributed by atoms with E-state index in [-0.39, 0.29) is 17.8 Å². The first kappa shape index (κ1) is 19.6. The Morgan fingerprint density at radius 1 is 1.41 bits per heavy atom. The van der Waals surface area contributed by atoms with Crippen LogP contribution in [0.5, 0.6) is 0 Å². The topological polar surface area (TPSA) is 71.5 Å². The molecule has 1 aliphatic rings. The van der Waals surface area contributed by atoms with Gasteiger partial charge in [-0.3, -0.25) is 9.59 Å². The number of nitrogens with one attached hydrogen (secondary N) is 1. The maximum absolute atomic E-state index is 13.1. The molecule has 1 aromatic heterocycles. The van der Waals surface area contributed by atoms with Gasteiger partial charge in [-0.25, -0.2) is 4.98 Å². The number of hydrogen-bond acceptors (Lipinski definition) is 6. The minimum atomic E-state index is -0.248. The quantitative estimate of drug-likeness (QED) is 0.737. The molecule has 1 aliphatic heterocycles. The van der Waals surface area contributed by atoms with Crippen LogP contribution in [0, 0.1) is 5.92 Å². The van der Waals surface area contributed by atoms with Crippen molar-refractivity contribution in [3.8, 4) is 0 Å². The average molecular weight is 408 g/mol. The Morgan fingerprint density at radius 3 is 2.96 bits per heavy atom. The number of carbonyl (C=O) groups is 2. The van der Waals surface area contributed by atoms with E-state index in [0.717, 1.165) is 23.4 Å². The zero-order valence-electron chi connectivity index (χ0n) is 15.1. The van der Waals surface area contributed by atoms with E-state index < -0.39 is 0 Å². The van der Waals surface area contributed by atoms with Crippen molar-refractivity contribution in [3.05, 3.63) is 45.4 Å². The second-order valence-corrected chi connectivity index (χ2v) is 8.02. The number of carbonyl (C=O) groups excluding carboxylic acids is 2. The van der Waals surface area contributed by atoms with Crippen molar-refractivity contribution in [3.63, 3.8) is 0 Å². The van der Waals surface area contributed by atoms with Crippen LogP contribution in [0.3, 0.4) is 0 Å². The largest absolute Gasteiger partial charge is 0.466 e. The minimum Gasteiger partial charge on any atom is -0.466 e. The molecular formula is C19H22ClN3O3S. The highest BCUT2D eigenvalue weighted by atomic mass is 35.5. The van der Waals surface area contributed by atoms with Gasteiger partial charge < -0.3 is 15.0 Å². The summed E-state index contributed by atoms with van der Waals surface area (Å²) in [6.07, 6.45) is 3.28. The number of nitrogens with zero attached hydrogens (tertiary/aromatic N) is 2. The van der Waals surface area contributed by atoms with E-state index in [1.54, 1.807) is 24.1 Å². The van der Waals surface area contributed by atoms with Crippen LogP contribution in [0.2, 0.25) is 4.47 Å². The van der Waals surface area contributed by atoms with Crippen molar-refractivity contribution in [2.75, 3.05) is 25.0 Å². The van der Waals surface area contributed by atoms with Crippen molar-refractivity contribution in [1.29, 1.82) is 0 Å². The molecule has 0 aliphatic carbocycles. The smallest absolute Gasteiger partial charge is 0.310 e. The summed E-state index contributed by atoms with van der Waals surface area (Å²) in [6, 6.07) is 7.41. The fourth-order valence-electron chi connectivity index (χ4n) is 3.16. The second-order valence-electron chi connectivity index (χ2n) is 6.32. The molecule has 0 spiro atoms. The fraction of sp³-hybridized carbons (Fsp3) is 0.421. The van der Waals surface area contributed by atoms with Crippen LogP contribution < -0.4 is 5.32 Å². The lowest BCUT2D eigenvalue weighted by Gasteiger charge is -2.32. The standard InChI is InChI=1S/C19H22ClN3O3S/c1-2-26-18(25)13-6-5-9-23(12-13)17(24)15-7-3-4-8-16(15)21-10-14-11-22-19(20)27-14/h3-4,7-8,11,13,21H,2,5-6,9-10,12H2,1H3. The van der Waals surface area contributed by atoms with Crippen LogP contribution in [0.4, 0.5) is 5.69 Å². The van der Waals surface area contributed by atoms with Gasteiger partial charge in [0.2, 0.25) is 0 Å². The number of esters is 1. The maximum Gasteiger partial charge on any atom is 0.310 e. The van der Waals surface area contributed by atoms with Gasteiger partial charge in [0, 0.05) is 29.9 Å². The predicted octanol–water partition coefficient (Wildman–Crippen LogP) is 3.82. The first-order chi connectivity index (χ1) is 13.1. The summed E-state index contributed by atoms with van der Waals surface area (Å²) in [4.78, 5) is 31.9. The van der Waals surface area contributed by atoms with Crippen molar-refractivity contribution < 1.29 is 14.3 Å². The molecule has 6 nitrogen and oxygen atoms in total. The third-order valence-corrected chi connectivity index (χ3v) is 5.58. The van der Waals surface area contributed by atoms with Crippen LogP contribution >= 0.6 is 22.9 Å². The minimum absolute atomic E-state index is 0.0746. The molecule has 0 radical (unpaired) electrons. The number of rotatable bonds is 6. The van der Waals surface area contributed by atoms with E-state index in [4.69, 9.17) is 16.3 Å². The monoisotopic (exact) mass is 407 g/mol. The molecule has 144 valence electrons. The number of piperidine rings is 1. The van der Waals surface area contributed by atoms with Crippen LogP contribution in [0.1, 0.15) is 35.0 Å². The molecule has 1 N–H and O–H groups in total. The van der Waals surface area contributed by atoms with Crippen molar-refractivity contribution in [1.82, 2.24) is 9.88 Å². The second kappa shape index (κ2) is 9.19. The molecule has 1 saturated heterocycles. The first-order valence-electron chi connectivity index (χ1n) is 8.97. The van der Waals surface area contributed by atoms with Crippen molar-refractivity contribution in [2.45, 2.75) is 26.3 Å². The third-order valence-electron chi connectivity index (χ3n) is 4.46. The normalized spacial score (nSPS) is 16.8. The van der Waals surface area contributed by atoms with Crippen LogP contribution in [0.15, 0.2) is 30.5 Å². The highest BCUT2D eigenvalue weighted by Gasteiger charge is 2.30. The van der Waals surface area contributed by atoms with Gasteiger partial charge in [-0.05, 0) is 31.9 Å². The lowest BCUT2D eigenvalue weighted by atomic mass is 9.97. The van der Waals surface area contributed by atoms with Gasteiger partial charge in [-0.2, -0.15) is 0 Å². The number of amides is 1. The van der Waals surface area contributed by atoms with E-state index >= 15 is 0 Å². The number of ether oxygens (including phenoxy) is 1. The zero-order chi connectivity index (χ0) is 19.2. The van der Waals surface area contributed by atoms with E-state index in [0.29, 0.717) is 36.3 Å². The Bertz CT molecular complexity index is 811. The van der Waals surface area contributed by atoms with E-state index in [1.165, 1.54) is 11.3 Å². The number of aromatic nitrogens is 1. The summed E-state index contributed by atoms with van der Waals surface area (Å²) in [6.45, 7) is 3.74. The lowest BCUT2D eigenvalue weighted by molar-refractivity contribution is -0.149. The Hall–Kier alpha value is -2.12. The summed E-state index contributed by atoms with van der Waals surface area (Å²) >= 11 is 7.27. The first-order valence-corrected chi connectivity index (χ1v) is 10.2. The molecule has 0 bridgehead atoms. The van der Waals surface area contributed by atoms with Gasteiger partial charge in [0.25, 0.3) is 5.91 Å². The van der Waals surface area contributed by atoms with Crippen LogP contribution in [-0.4, -0.2) is 41.5 Å². The SMILES string of the molecule is CCOC(=O)C1CCCN(C(=O)c2ccccc2NCc2cnc(Cl)s2)C1. The lowest BCUT2D eigenvalue weighted by Crippen LogP contribution is -2.43. The van der Waals surface area contributed by atoms with Gasteiger partial charge in [0.1, 0.15) is 0 Å². The summed E-state index contributed by atoms with van der Waals surface area (Å²) in [5.41, 5.74) is 1.35. The van der Waals surface area contributed by atoms with Crippen molar-refractivity contribution in [2.24, 2.45) is 5.92 Å². The van der Waals surface area contributed by atoms with E-state index in [9.17, 15) is 9.59 Å². The number of benzene rings is 1. The number of anilines is 1. The number of hydrogen-bond donors (Lipinski definition) is 1. The molecule has 3 rings (SSSR count). The van der Waals surface area contributed by atoms with Crippen molar-refractivity contribution >= 4 is 40.5 Å². The molecule has 1 unspecified atom stereocenters. The molecule has 1 amide bonds. The summed E-state index contributed by atoms with van der Waals surface area (Å²) < 4.78 is 5.62. The maximum atomic E-state index is 13.1. The van der Waals surface area contributed by atoms with E-state index in [1.807, 2.05) is 18.2 Å². The van der Waals surface area contributed by atoms with Crippen LogP contribution in [-0.2, 0) is 16.1 Å². The Kier molecular flexibility index (Phi) is 6.68. The fourth-order valence-corrected chi connectivity index (χ4v) is 4.07. The number of thiazole rings is 1. The predicted molar refractivity (Wildman–Crippen MR) is 106 cm³/mol. The Morgan fingerprint density at radius 2 is 2.22 bits per heavy atom. The van der Waals surface area contributed by atoms with Gasteiger partial charge in [-0.15, -0.1) is 11.3 Å². The highest BCUT2D eigenvalue weighted by molar-refractivity contribution is 7.15. The molecular weight excluding hydrogens is 386 g/mol. The summed E-state index contributed by atoms with van der Waals surface area (Å²) in [7, 11) is 0. The van der Waals surface area contributed by atoms with Gasteiger partial charge in [-0.1, -0.05) is 23.7 Å². The molecule has 1 atom stereocenters. The molecule has 8 heteroatoms. The third kappa shape index (κ3) is 4.99. The Balaban J connectivity index is 1.69. The van der Waals surface area contributed by atoms with Gasteiger partial charge in [0.15, 0.2) is 4.47 Å². The van der Waals surface area contributed by atoms with Crippen LogP contribution in [0.25, 0.3) is 0 Å². The van der Waals surface area contributed by atoms with Gasteiger partial charge >= 0.3 is 5.97 Å². The molecule has 0 saturated carbocycles. The summed E-state index contributed by atoms with van der Waals surface area (Å²) in [5.74, 6) is -0.542. The summed E-state index contributed by atoms with van der Waals surface area (Å²) in [5, 5.41) is 3.29. The highest BCUT2D eigenvalue weighted by Crippen LogP contribution is 2.24. The Labute approximate surface area is 167 Å². The molecule has 2 heterocycles. The molecule has 1 aromatic carbocycles. The van der Waals surface area contributed by atoms with E-state index in [2.05, 4.69) is 10.3 Å². The molecule has 1 fully saturated rings. The number of para-hydroxylation sites is 1. The number of halogens is 1. The number of likely N-dealkylation sites (tertiary alicyclic amines) is 1. The molecule has 2 aromatic rings. The average Bonchev–Trinajstić information content (AvgIpc) is 3.11. The zero-order valence-corrected chi connectivity index (χ0v) is 16.7.